The van der Waals surface area contributed by atoms with Crippen molar-refractivity contribution >= 4 is 5.69 Å². The van der Waals surface area contributed by atoms with Gasteiger partial charge >= 0.3 is 6.18 Å². The van der Waals surface area contributed by atoms with E-state index in [-0.39, 0.29) is 5.82 Å². The summed E-state index contributed by atoms with van der Waals surface area (Å²) in [5.74, 6) is -0.389. The van der Waals surface area contributed by atoms with E-state index < -0.39 is 17.8 Å². The van der Waals surface area contributed by atoms with Gasteiger partial charge in [0.1, 0.15) is 5.82 Å². The third-order valence-electron chi connectivity index (χ3n) is 2.94. The van der Waals surface area contributed by atoms with Crippen LogP contribution in [0.4, 0.5) is 23.2 Å². The molecule has 1 nitrogen and oxygen atoms in total. The molecule has 1 N–H and O–H groups in total. The number of hydrogen-bond donors (Lipinski definition) is 1. The van der Waals surface area contributed by atoms with Gasteiger partial charge in [0.05, 0.1) is 11.6 Å². The van der Waals surface area contributed by atoms with Crippen LogP contribution in [-0.4, -0.2) is 0 Å². The Labute approximate surface area is 114 Å². The van der Waals surface area contributed by atoms with Crippen molar-refractivity contribution in [3.8, 4) is 0 Å². The molecule has 2 aromatic carbocycles. The molecule has 0 aliphatic rings. The normalized spacial score (nSPS) is 13.1. The van der Waals surface area contributed by atoms with Gasteiger partial charge in [-0.05, 0) is 31.2 Å². The second kappa shape index (κ2) is 5.53. The van der Waals surface area contributed by atoms with Gasteiger partial charge < -0.3 is 5.32 Å². The first-order valence-electron chi connectivity index (χ1n) is 6.06. The van der Waals surface area contributed by atoms with Crippen molar-refractivity contribution in [3.05, 3.63) is 65.5 Å². The number of benzene rings is 2. The lowest BCUT2D eigenvalue weighted by Gasteiger charge is -2.17. The van der Waals surface area contributed by atoms with E-state index in [4.69, 9.17) is 0 Å². The van der Waals surface area contributed by atoms with Crippen LogP contribution in [0.3, 0.4) is 0 Å². The summed E-state index contributed by atoms with van der Waals surface area (Å²) >= 11 is 0. The first-order valence-corrected chi connectivity index (χ1v) is 6.06. The Bertz CT molecular complexity index is 592. The van der Waals surface area contributed by atoms with Crippen LogP contribution in [0.1, 0.15) is 24.1 Å². The van der Waals surface area contributed by atoms with Crippen molar-refractivity contribution in [2.24, 2.45) is 0 Å². The fourth-order valence-corrected chi connectivity index (χ4v) is 1.94. The monoisotopic (exact) mass is 283 g/mol. The summed E-state index contributed by atoms with van der Waals surface area (Å²) in [6.07, 6.45) is -4.39. The Kier molecular flexibility index (Phi) is 3.97. The van der Waals surface area contributed by atoms with E-state index in [9.17, 15) is 17.6 Å². The topological polar surface area (TPSA) is 12.0 Å². The smallest absolute Gasteiger partial charge is 0.378 e. The number of nitrogens with one attached hydrogen (secondary N) is 1. The first kappa shape index (κ1) is 14.4. The molecule has 0 saturated carbocycles. The average Bonchev–Trinajstić information content (AvgIpc) is 2.38. The van der Waals surface area contributed by atoms with Crippen molar-refractivity contribution < 1.29 is 17.6 Å². The molecule has 0 amide bonds. The molecule has 1 atom stereocenters. The molecule has 20 heavy (non-hydrogen) atoms. The van der Waals surface area contributed by atoms with Gasteiger partial charge in [-0.3, -0.25) is 0 Å². The maximum atomic E-state index is 13.6. The fraction of sp³-hybridized carbons (Fsp3) is 0.200. The lowest BCUT2D eigenvalue weighted by Crippen LogP contribution is -2.10. The predicted molar refractivity (Wildman–Crippen MR) is 69.9 cm³/mol. The largest absolute Gasteiger partial charge is 0.416 e. The molecule has 2 rings (SSSR count). The van der Waals surface area contributed by atoms with Crippen LogP contribution < -0.4 is 5.32 Å². The van der Waals surface area contributed by atoms with Crippen LogP contribution in [0.15, 0.2) is 48.5 Å². The van der Waals surface area contributed by atoms with Crippen LogP contribution in [0.5, 0.6) is 0 Å². The van der Waals surface area contributed by atoms with Crippen LogP contribution in [0, 0.1) is 5.82 Å². The van der Waals surface area contributed by atoms with E-state index in [1.807, 2.05) is 0 Å². The summed E-state index contributed by atoms with van der Waals surface area (Å²) in [6, 6.07) is 10.6. The van der Waals surface area contributed by atoms with E-state index in [0.717, 1.165) is 12.1 Å². The molecule has 0 heterocycles. The molecule has 0 saturated heterocycles. The molecule has 106 valence electrons. The summed E-state index contributed by atoms with van der Waals surface area (Å²) in [6.45, 7) is 1.69. The van der Waals surface area contributed by atoms with E-state index in [1.165, 1.54) is 18.2 Å². The number of anilines is 1. The van der Waals surface area contributed by atoms with Crippen LogP contribution in [-0.2, 0) is 6.18 Å². The van der Waals surface area contributed by atoms with Crippen molar-refractivity contribution in [3.63, 3.8) is 0 Å². The predicted octanol–water partition coefficient (Wildman–Crippen LogP) is 5.02. The minimum Gasteiger partial charge on any atom is -0.378 e. The highest BCUT2D eigenvalue weighted by atomic mass is 19.4. The zero-order valence-corrected chi connectivity index (χ0v) is 10.7. The van der Waals surface area contributed by atoms with Crippen molar-refractivity contribution in [2.75, 3.05) is 5.32 Å². The molecule has 0 fully saturated rings. The Morgan fingerprint density at radius 1 is 1.00 bits per heavy atom. The molecule has 0 spiro atoms. The molecule has 2 aromatic rings. The maximum Gasteiger partial charge on any atom is 0.416 e. The Morgan fingerprint density at radius 2 is 1.70 bits per heavy atom. The summed E-state index contributed by atoms with van der Waals surface area (Å²) < 4.78 is 51.4. The number of halogens is 4. The molecule has 0 aromatic heterocycles. The summed E-state index contributed by atoms with van der Waals surface area (Å²) in [5.41, 5.74) is -0.0243. The van der Waals surface area contributed by atoms with Gasteiger partial charge in [-0.25, -0.2) is 4.39 Å². The van der Waals surface area contributed by atoms with Crippen LogP contribution in [0.2, 0.25) is 0 Å². The van der Waals surface area contributed by atoms with E-state index >= 15 is 0 Å². The Morgan fingerprint density at radius 3 is 2.35 bits per heavy atom. The highest BCUT2D eigenvalue weighted by Gasteiger charge is 2.30. The van der Waals surface area contributed by atoms with Gasteiger partial charge in [0.25, 0.3) is 0 Å². The standard InChI is InChI=1S/C15H13F4N/c1-10(13-7-2-3-8-14(13)16)20-12-6-4-5-11(9-12)15(17,18)19/h2-10,20H,1H3. The third kappa shape index (κ3) is 3.29. The maximum absolute atomic E-state index is 13.6. The molecule has 0 aliphatic carbocycles. The van der Waals surface area contributed by atoms with Gasteiger partial charge in [-0.1, -0.05) is 24.3 Å². The molecular formula is C15H13F4N. The van der Waals surface area contributed by atoms with Crippen LogP contribution in [0.25, 0.3) is 0 Å². The van der Waals surface area contributed by atoms with Gasteiger partial charge in [0, 0.05) is 11.3 Å². The average molecular weight is 283 g/mol. The second-order valence-electron chi connectivity index (χ2n) is 4.47. The Hall–Kier alpha value is -2.04. The number of rotatable bonds is 3. The number of hydrogen-bond acceptors (Lipinski definition) is 1. The van der Waals surface area contributed by atoms with E-state index in [2.05, 4.69) is 5.32 Å². The third-order valence-corrected chi connectivity index (χ3v) is 2.94. The lowest BCUT2D eigenvalue weighted by atomic mass is 10.1. The van der Waals surface area contributed by atoms with Crippen molar-refractivity contribution in [1.29, 1.82) is 0 Å². The molecular weight excluding hydrogens is 270 g/mol. The molecule has 5 heteroatoms. The summed E-state index contributed by atoms with van der Waals surface area (Å²) in [5, 5.41) is 2.87. The van der Waals surface area contributed by atoms with Crippen LogP contribution >= 0.6 is 0 Å². The molecule has 0 bridgehead atoms. The zero-order valence-electron chi connectivity index (χ0n) is 10.7. The quantitative estimate of drug-likeness (QED) is 0.780. The number of alkyl halides is 3. The van der Waals surface area contributed by atoms with E-state index in [0.29, 0.717) is 11.3 Å². The van der Waals surface area contributed by atoms with Crippen molar-refractivity contribution in [1.82, 2.24) is 0 Å². The van der Waals surface area contributed by atoms with Gasteiger partial charge in [-0.2, -0.15) is 13.2 Å². The first-order chi connectivity index (χ1) is 9.38. The minimum absolute atomic E-state index is 0.301. The zero-order chi connectivity index (χ0) is 14.8. The highest BCUT2D eigenvalue weighted by molar-refractivity contribution is 5.48. The van der Waals surface area contributed by atoms with Gasteiger partial charge in [0.15, 0.2) is 0 Å². The second-order valence-corrected chi connectivity index (χ2v) is 4.47. The summed E-state index contributed by atoms with van der Waals surface area (Å²) in [4.78, 5) is 0. The molecule has 1 unspecified atom stereocenters. The fourth-order valence-electron chi connectivity index (χ4n) is 1.94. The Balaban J connectivity index is 2.20. The van der Waals surface area contributed by atoms with Crippen molar-refractivity contribution in [2.45, 2.75) is 19.1 Å². The van der Waals surface area contributed by atoms with Gasteiger partial charge in [-0.15, -0.1) is 0 Å². The highest BCUT2D eigenvalue weighted by Crippen LogP contribution is 2.31. The molecule has 0 aliphatic heterocycles. The molecule has 0 radical (unpaired) electrons. The SMILES string of the molecule is CC(Nc1cccc(C(F)(F)F)c1)c1ccccc1F. The minimum atomic E-state index is -4.39. The lowest BCUT2D eigenvalue weighted by molar-refractivity contribution is -0.137. The summed E-state index contributed by atoms with van der Waals surface area (Å²) in [7, 11) is 0. The van der Waals surface area contributed by atoms with E-state index in [1.54, 1.807) is 25.1 Å². The van der Waals surface area contributed by atoms with Gasteiger partial charge in [0.2, 0.25) is 0 Å².